The Kier molecular flexibility index (Phi) is 3.34. The fraction of sp³-hybridized carbons (Fsp3) is 0.200. The molecule has 4 nitrogen and oxygen atoms in total. The summed E-state index contributed by atoms with van der Waals surface area (Å²) in [5.41, 5.74) is 0.536. The Morgan fingerprint density at radius 2 is 1.71 bits per heavy atom. The summed E-state index contributed by atoms with van der Waals surface area (Å²) < 4.78 is 10.0. The largest absolute Gasteiger partial charge is 0.497 e. The Bertz CT molecular complexity index is 314. The first-order valence-electron chi connectivity index (χ1n) is 3.95. The van der Waals surface area contributed by atoms with E-state index in [1.165, 1.54) is 14.2 Å². The van der Waals surface area contributed by atoms with Crippen molar-refractivity contribution in [3.05, 3.63) is 25.1 Å². The van der Waals surface area contributed by atoms with E-state index in [1.54, 1.807) is 18.2 Å². The molecule has 0 saturated carbocycles. The predicted molar refractivity (Wildman–Crippen MR) is 52.5 cm³/mol. The molecule has 0 aliphatic rings. The molecule has 14 heavy (non-hydrogen) atoms. The molecular weight excluding hydrogens is 182 g/mol. The van der Waals surface area contributed by atoms with Crippen molar-refractivity contribution in [1.82, 2.24) is 0 Å². The normalized spacial score (nSPS) is 9.36. The van der Waals surface area contributed by atoms with E-state index in [0.717, 1.165) is 0 Å². The topological polar surface area (TPSA) is 47.6 Å². The molecule has 4 heteroatoms. The van der Waals surface area contributed by atoms with Crippen LogP contribution < -0.4 is 14.8 Å². The second-order valence-corrected chi connectivity index (χ2v) is 2.59. The molecule has 1 amide bonds. The van der Waals surface area contributed by atoms with Crippen LogP contribution in [0.2, 0.25) is 0 Å². The Hall–Kier alpha value is -1.71. The molecule has 0 unspecified atom stereocenters. The summed E-state index contributed by atoms with van der Waals surface area (Å²) in [6.07, 6.45) is 0. The lowest BCUT2D eigenvalue weighted by atomic mass is 10.2. The number of carbonyl (C=O) groups excluding carboxylic acids is 1. The van der Waals surface area contributed by atoms with E-state index in [-0.39, 0.29) is 0 Å². The highest BCUT2D eigenvalue weighted by Crippen LogP contribution is 2.25. The molecule has 0 saturated heterocycles. The summed E-state index contributed by atoms with van der Waals surface area (Å²) in [6.45, 7) is 4.98. The summed E-state index contributed by atoms with van der Waals surface area (Å²) in [4.78, 5) is 10.6. The van der Waals surface area contributed by atoms with Gasteiger partial charge in [-0.25, -0.2) is 0 Å². The van der Waals surface area contributed by atoms with Gasteiger partial charge in [-0.1, -0.05) is 0 Å². The van der Waals surface area contributed by atoms with Crippen molar-refractivity contribution in [1.29, 1.82) is 0 Å². The third kappa shape index (κ3) is 2.65. The average molecular weight is 193 g/mol. The van der Waals surface area contributed by atoms with Crippen LogP contribution in [0.25, 0.3) is 0 Å². The maximum atomic E-state index is 10.6. The third-order valence-corrected chi connectivity index (χ3v) is 1.62. The van der Waals surface area contributed by atoms with Crippen LogP contribution in [-0.4, -0.2) is 20.1 Å². The zero-order valence-electron chi connectivity index (χ0n) is 8.03. The van der Waals surface area contributed by atoms with Gasteiger partial charge in [0.15, 0.2) is 0 Å². The zero-order valence-corrected chi connectivity index (χ0v) is 8.03. The van der Waals surface area contributed by atoms with Gasteiger partial charge in [-0.15, -0.1) is 0 Å². The first-order valence-corrected chi connectivity index (χ1v) is 3.95. The lowest BCUT2D eigenvalue weighted by Crippen LogP contribution is -2.06. The average Bonchev–Trinajstić information content (AvgIpc) is 2.16. The van der Waals surface area contributed by atoms with Gasteiger partial charge in [-0.2, -0.15) is 0 Å². The Morgan fingerprint density at radius 3 is 2.07 bits per heavy atom. The molecule has 0 aliphatic heterocycles. The highest BCUT2D eigenvalue weighted by atomic mass is 16.5. The Balaban J connectivity index is 2.98. The molecule has 1 aromatic rings. The summed E-state index contributed by atoms with van der Waals surface area (Å²) in [7, 11) is 3.06. The molecular formula is C10H11NO3. The van der Waals surface area contributed by atoms with Gasteiger partial charge in [0.2, 0.25) is 5.91 Å². The minimum absolute atomic E-state index is 0.536. The van der Waals surface area contributed by atoms with Gasteiger partial charge in [-0.3, -0.25) is 4.79 Å². The lowest BCUT2D eigenvalue weighted by molar-refractivity contribution is -0.112. The smallest absolute Gasteiger partial charge is 0.229 e. The lowest BCUT2D eigenvalue weighted by Gasteiger charge is -2.08. The molecule has 0 atom stereocenters. The number of hydrogen-bond acceptors (Lipinski definition) is 3. The second kappa shape index (κ2) is 4.50. The van der Waals surface area contributed by atoms with Crippen LogP contribution in [0.5, 0.6) is 11.5 Å². The maximum Gasteiger partial charge on any atom is 0.229 e. The number of rotatable bonds is 3. The van der Waals surface area contributed by atoms with Crippen molar-refractivity contribution < 1.29 is 14.3 Å². The summed E-state index contributed by atoms with van der Waals surface area (Å²) >= 11 is 0. The number of anilines is 1. The molecule has 1 N–H and O–H groups in total. The van der Waals surface area contributed by atoms with Gasteiger partial charge in [0, 0.05) is 23.9 Å². The van der Waals surface area contributed by atoms with Crippen LogP contribution in [0.15, 0.2) is 18.2 Å². The van der Waals surface area contributed by atoms with E-state index in [1.807, 2.05) is 0 Å². The second-order valence-electron chi connectivity index (χ2n) is 2.59. The predicted octanol–water partition coefficient (Wildman–Crippen LogP) is 1.35. The van der Waals surface area contributed by atoms with Gasteiger partial charge >= 0.3 is 0 Å². The van der Waals surface area contributed by atoms with Crippen LogP contribution in [0.3, 0.4) is 0 Å². The number of hydrogen-bond donors (Lipinski definition) is 1. The molecule has 0 heterocycles. The van der Waals surface area contributed by atoms with Gasteiger partial charge < -0.3 is 14.8 Å². The van der Waals surface area contributed by atoms with E-state index in [4.69, 9.17) is 16.4 Å². The number of ether oxygens (including phenoxy) is 2. The quantitative estimate of drug-likeness (QED) is 0.788. The van der Waals surface area contributed by atoms with E-state index >= 15 is 0 Å². The minimum atomic E-state index is -0.625. The van der Waals surface area contributed by atoms with Crippen molar-refractivity contribution >= 4 is 11.6 Å². The zero-order chi connectivity index (χ0) is 10.6. The summed E-state index contributed by atoms with van der Waals surface area (Å²) in [5.74, 6) is 0.557. The SMILES string of the molecule is [CH]C(=O)Nc1cc(OC)cc(OC)c1. The minimum Gasteiger partial charge on any atom is -0.497 e. The number of carbonyl (C=O) groups is 1. The highest BCUT2D eigenvalue weighted by molar-refractivity contribution is 5.94. The van der Waals surface area contributed by atoms with Crippen LogP contribution in [0.4, 0.5) is 5.69 Å². The standard InChI is InChI=1S/C10H11NO3/c1-7(12)11-8-4-9(13-2)6-10(5-8)14-3/h1,4-6H,2-3H3,(H,11,12). The van der Waals surface area contributed by atoms with Gasteiger partial charge in [-0.05, 0) is 0 Å². The van der Waals surface area contributed by atoms with Crippen LogP contribution in [0, 0.1) is 6.92 Å². The Labute approximate surface area is 82.8 Å². The molecule has 0 bridgehead atoms. The van der Waals surface area contributed by atoms with Crippen LogP contribution in [-0.2, 0) is 4.79 Å². The molecule has 0 fully saturated rings. The van der Waals surface area contributed by atoms with Crippen LogP contribution in [0.1, 0.15) is 0 Å². The molecule has 1 aromatic carbocycles. The molecule has 1 rings (SSSR count). The van der Waals surface area contributed by atoms with Gasteiger partial charge in [0.1, 0.15) is 11.5 Å². The van der Waals surface area contributed by atoms with Crippen LogP contribution >= 0.6 is 0 Å². The third-order valence-electron chi connectivity index (χ3n) is 1.62. The van der Waals surface area contributed by atoms with E-state index in [2.05, 4.69) is 5.32 Å². The molecule has 0 aromatic heterocycles. The van der Waals surface area contributed by atoms with Crippen molar-refractivity contribution in [3.8, 4) is 11.5 Å². The summed E-state index contributed by atoms with van der Waals surface area (Å²) in [6, 6.07) is 4.99. The Morgan fingerprint density at radius 1 is 1.21 bits per heavy atom. The van der Waals surface area contributed by atoms with E-state index in [9.17, 15) is 4.79 Å². The van der Waals surface area contributed by atoms with E-state index < -0.39 is 5.91 Å². The summed E-state index contributed by atoms with van der Waals surface area (Å²) in [5, 5.41) is 2.43. The maximum absolute atomic E-state index is 10.6. The number of amides is 1. The molecule has 2 radical (unpaired) electrons. The van der Waals surface area contributed by atoms with Gasteiger partial charge in [0.05, 0.1) is 21.1 Å². The number of methoxy groups -OCH3 is 2. The first-order chi connectivity index (χ1) is 6.65. The molecule has 0 aliphatic carbocycles. The number of nitrogens with one attached hydrogen (secondary N) is 1. The molecule has 74 valence electrons. The first kappa shape index (κ1) is 10.4. The number of benzene rings is 1. The highest BCUT2D eigenvalue weighted by Gasteiger charge is 2.02. The van der Waals surface area contributed by atoms with Crippen molar-refractivity contribution in [2.45, 2.75) is 0 Å². The fourth-order valence-electron chi connectivity index (χ4n) is 1.02. The fourth-order valence-corrected chi connectivity index (χ4v) is 1.02. The van der Waals surface area contributed by atoms with Crippen molar-refractivity contribution in [2.24, 2.45) is 0 Å². The monoisotopic (exact) mass is 193 g/mol. The van der Waals surface area contributed by atoms with E-state index in [0.29, 0.717) is 17.2 Å². The van der Waals surface area contributed by atoms with Crippen molar-refractivity contribution in [3.63, 3.8) is 0 Å². The molecule has 0 spiro atoms. The van der Waals surface area contributed by atoms with Crippen molar-refractivity contribution in [2.75, 3.05) is 19.5 Å². The van der Waals surface area contributed by atoms with Gasteiger partial charge in [0.25, 0.3) is 0 Å².